The number of aliphatic carboxylic acids is 1. The lowest BCUT2D eigenvalue weighted by atomic mass is 10.0. The van der Waals surface area contributed by atoms with E-state index in [0.29, 0.717) is 43.9 Å². The quantitative estimate of drug-likeness (QED) is 0.687. The highest BCUT2D eigenvalue weighted by Crippen LogP contribution is 2.17. The number of halogens is 3. The van der Waals surface area contributed by atoms with Crippen molar-refractivity contribution >= 4 is 17.8 Å². The van der Waals surface area contributed by atoms with Crippen LogP contribution in [0.3, 0.4) is 0 Å². The molecule has 0 bridgehead atoms. The Morgan fingerprint density at radius 2 is 1.71 bits per heavy atom. The van der Waals surface area contributed by atoms with Crippen LogP contribution in [0.5, 0.6) is 5.75 Å². The van der Waals surface area contributed by atoms with Crippen LogP contribution in [-0.4, -0.2) is 96.7 Å². The summed E-state index contributed by atoms with van der Waals surface area (Å²) in [5.74, 6) is -1.13. The summed E-state index contributed by atoms with van der Waals surface area (Å²) < 4.78 is 36.9. The lowest BCUT2D eigenvalue weighted by Gasteiger charge is -2.36. The van der Waals surface area contributed by atoms with E-state index >= 15 is 0 Å². The van der Waals surface area contributed by atoms with Crippen LogP contribution in [0.1, 0.15) is 36.5 Å². The van der Waals surface area contributed by atoms with E-state index in [9.17, 15) is 22.8 Å². The molecule has 0 aromatic heterocycles. The summed E-state index contributed by atoms with van der Waals surface area (Å²) in [7, 11) is 1.60. The second kappa shape index (κ2) is 12.6. The molecule has 0 radical (unpaired) electrons. The average Bonchev–Trinajstić information content (AvgIpc) is 2.82. The van der Waals surface area contributed by atoms with Gasteiger partial charge in [-0.1, -0.05) is 13.0 Å². The highest BCUT2D eigenvalue weighted by molar-refractivity contribution is 5.94. The summed E-state index contributed by atoms with van der Waals surface area (Å²) >= 11 is 0. The number of carboxylic acids is 1. The molecule has 2 aliphatic heterocycles. The number of ether oxygens (including phenoxy) is 1. The number of hydrogen-bond acceptors (Lipinski definition) is 5. The van der Waals surface area contributed by atoms with Gasteiger partial charge >= 0.3 is 12.1 Å². The minimum absolute atomic E-state index is 0.00306. The zero-order chi connectivity index (χ0) is 25.3. The first-order valence-electron chi connectivity index (χ1n) is 11.2. The molecule has 1 unspecified atom stereocenters. The van der Waals surface area contributed by atoms with E-state index in [1.165, 1.54) is 12.8 Å². The van der Waals surface area contributed by atoms with Crippen molar-refractivity contribution in [3.05, 3.63) is 29.8 Å². The number of carbonyl (C=O) groups excluding carboxylic acids is 2. The Morgan fingerprint density at radius 1 is 1.09 bits per heavy atom. The van der Waals surface area contributed by atoms with E-state index in [-0.39, 0.29) is 11.8 Å². The third-order valence-corrected chi connectivity index (χ3v) is 5.86. The van der Waals surface area contributed by atoms with Crippen molar-refractivity contribution in [2.24, 2.45) is 5.92 Å². The van der Waals surface area contributed by atoms with E-state index in [1.807, 2.05) is 28.0 Å². The first-order chi connectivity index (χ1) is 16.0. The summed E-state index contributed by atoms with van der Waals surface area (Å²) in [6.45, 7) is 7.76. The molecular formula is C23H32F3N3O5. The fourth-order valence-electron chi connectivity index (χ4n) is 4.00. The number of hydrogen-bond donors (Lipinski definition) is 1. The van der Waals surface area contributed by atoms with E-state index in [4.69, 9.17) is 14.6 Å². The summed E-state index contributed by atoms with van der Waals surface area (Å²) in [5.41, 5.74) is 0.633. The Hall–Kier alpha value is -2.82. The van der Waals surface area contributed by atoms with Gasteiger partial charge in [-0.05, 0) is 43.5 Å². The van der Waals surface area contributed by atoms with E-state index in [2.05, 4.69) is 11.8 Å². The van der Waals surface area contributed by atoms with Gasteiger partial charge in [0.2, 0.25) is 5.91 Å². The molecule has 2 amide bonds. The van der Waals surface area contributed by atoms with Crippen LogP contribution >= 0.6 is 0 Å². The zero-order valence-electron chi connectivity index (χ0n) is 19.5. The maximum Gasteiger partial charge on any atom is 0.490 e. The molecular weight excluding hydrogens is 455 g/mol. The van der Waals surface area contributed by atoms with E-state index in [0.717, 1.165) is 25.6 Å². The van der Waals surface area contributed by atoms with E-state index in [1.54, 1.807) is 13.2 Å². The number of carboxylic acid groups (broad SMARTS) is 1. The van der Waals surface area contributed by atoms with Crippen molar-refractivity contribution in [2.45, 2.75) is 32.4 Å². The predicted octanol–water partition coefficient (Wildman–Crippen LogP) is 2.73. The fraction of sp³-hybridized carbons (Fsp3) is 0.609. The molecule has 3 rings (SSSR count). The number of piperidine rings is 1. The first-order valence-corrected chi connectivity index (χ1v) is 11.2. The highest BCUT2D eigenvalue weighted by atomic mass is 19.4. The molecule has 2 heterocycles. The van der Waals surface area contributed by atoms with Gasteiger partial charge in [-0.25, -0.2) is 4.79 Å². The summed E-state index contributed by atoms with van der Waals surface area (Å²) in [6.07, 6.45) is -1.97. The SMILES string of the molecule is COc1cccc(C(=O)N2CCN(C(=O)CCN3CCCC(C)C3)CC2)c1.O=C(O)C(F)(F)F. The summed E-state index contributed by atoms with van der Waals surface area (Å²) in [5, 5.41) is 7.12. The van der Waals surface area contributed by atoms with Crippen molar-refractivity contribution in [1.82, 2.24) is 14.7 Å². The largest absolute Gasteiger partial charge is 0.497 e. The number of amides is 2. The molecule has 8 nitrogen and oxygen atoms in total. The Kier molecular flexibility index (Phi) is 10.2. The molecule has 2 aliphatic rings. The molecule has 1 atom stereocenters. The second-order valence-corrected chi connectivity index (χ2v) is 8.51. The molecule has 2 fully saturated rings. The molecule has 2 saturated heterocycles. The molecule has 1 N–H and O–H groups in total. The molecule has 1 aromatic rings. The molecule has 0 spiro atoms. The third kappa shape index (κ3) is 8.51. The van der Waals surface area contributed by atoms with Gasteiger partial charge in [-0.2, -0.15) is 13.2 Å². The Labute approximate surface area is 197 Å². The molecule has 34 heavy (non-hydrogen) atoms. The van der Waals surface area contributed by atoms with Crippen LogP contribution in [0.4, 0.5) is 13.2 Å². The van der Waals surface area contributed by atoms with Crippen molar-refractivity contribution in [1.29, 1.82) is 0 Å². The van der Waals surface area contributed by atoms with Gasteiger partial charge in [-0.15, -0.1) is 0 Å². The topological polar surface area (TPSA) is 90.4 Å². The normalized spacial score (nSPS) is 19.1. The van der Waals surface area contributed by atoms with Crippen molar-refractivity contribution in [2.75, 3.05) is 52.9 Å². The van der Waals surface area contributed by atoms with Gasteiger partial charge in [0.25, 0.3) is 5.91 Å². The van der Waals surface area contributed by atoms with Crippen LogP contribution in [-0.2, 0) is 9.59 Å². The van der Waals surface area contributed by atoms with Crippen molar-refractivity contribution < 1.29 is 37.4 Å². The zero-order valence-corrected chi connectivity index (χ0v) is 19.5. The van der Waals surface area contributed by atoms with Gasteiger partial charge in [0, 0.05) is 51.3 Å². The minimum atomic E-state index is -5.08. The average molecular weight is 488 g/mol. The second-order valence-electron chi connectivity index (χ2n) is 8.51. The lowest BCUT2D eigenvalue weighted by molar-refractivity contribution is -0.192. The Bertz CT molecular complexity index is 841. The maximum absolute atomic E-state index is 12.7. The van der Waals surface area contributed by atoms with Crippen LogP contribution in [0.15, 0.2) is 24.3 Å². The predicted molar refractivity (Wildman–Crippen MR) is 119 cm³/mol. The smallest absolute Gasteiger partial charge is 0.490 e. The molecule has 190 valence electrons. The van der Waals surface area contributed by atoms with Crippen molar-refractivity contribution in [3.8, 4) is 5.75 Å². The number of rotatable bonds is 5. The van der Waals surface area contributed by atoms with Crippen LogP contribution in [0.25, 0.3) is 0 Å². The van der Waals surface area contributed by atoms with Gasteiger partial charge < -0.3 is 24.5 Å². The number of benzene rings is 1. The molecule has 0 aliphatic carbocycles. The Balaban J connectivity index is 0.000000509. The lowest BCUT2D eigenvalue weighted by Crippen LogP contribution is -2.51. The minimum Gasteiger partial charge on any atom is -0.497 e. The number of piperazine rings is 1. The summed E-state index contributed by atoms with van der Waals surface area (Å²) in [4.78, 5) is 40.2. The maximum atomic E-state index is 12.7. The number of likely N-dealkylation sites (tertiary alicyclic amines) is 1. The number of alkyl halides is 3. The van der Waals surface area contributed by atoms with Gasteiger partial charge in [0.1, 0.15) is 5.75 Å². The van der Waals surface area contributed by atoms with Crippen LogP contribution in [0, 0.1) is 5.92 Å². The van der Waals surface area contributed by atoms with Gasteiger partial charge in [0.15, 0.2) is 0 Å². The first kappa shape index (κ1) is 27.4. The monoisotopic (exact) mass is 487 g/mol. The number of carbonyl (C=O) groups is 3. The van der Waals surface area contributed by atoms with E-state index < -0.39 is 12.1 Å². The summed E-state index contributed by atoms with van der Waals surface area (Å²) in [6, 6.07) is 7.23. The number of methoxy groups -OCH3 is 1. The number of nitrogens with zero attached hydrogens (tertiary/aromatic N) is 3. The standard InChI is InChI=1S/C21H31N3O3.C2HF3O2/c1-17-5-4-9-22(16-17)10-8-20(25)23-11-13-24(14-12-23)21(26)18-6-3-7-19(15-18)27-2;3-2(4,5)1(6)7/h3,6-7,15,17H,4-5,8-14,16H2,1-2H3;(H,6,7). The van der Waals surface area contributed by atoms with Crippen LogP contribution < -0.4 is 4.74 Å². The van der Waals surface area contributed by atoms with Gasteiger partial charge in [-0.3, -0.25) is 9.59 Å². The molecule has 11 heteroatoms. The molecule has 0 saturated carbocycles. The fourth-order valence-corrected chi connectivity index (χ4v) is 4.00. The Morgan fingerprint density at radius 3 is 2.26 bits per heavy atom. The van der Waals surface area contributed by atoms with Gasteiger partial charge in [0.05, 0.1) is 7.11 Å². The van der Waals surface area contributed by atoms with Crippen molar-refractivity contribution in [3.63, 3.8) is 0 Å². The highest BCUT2D eigenvalue weighted by Gasteiger charge is 2.38. The molecule has 1 aromatic carbocycles. The van der Waals surface area contributed by atoms with Crippen LogP contribution in [0.2, 0.25) is 0 Å². The third-order valence-electron chi connectivity index (χ3n) is 5.86.